The number of carbonyl (C=O) groups excluding carboxylic acids is 1. The number of nitrogens with two attached hydrogens (primary N) is 1. The molecule has 2 atom stereocenters. The minimum Gasteiger partial charge on any atom is -0.368 e. The summed E-state index contributed by atoms with van der Waals surface area (Å²) in [6.07, 6.45) is 3.32. The summed E-state index contributed by atoms with van der Waals surface area (Å²) in [6.45, 7) is 5.01. The molecule has 2 unspecified atom stereocenters. The molecular weight excluding hydrogens is 228 g/mol. The highest BCUT2D eigenvalue weighted by Crippen LogP contribution is 2.16. The summed E-state index contributed by atoms with van der Waals surface area (Å²) in [5, 5.41) is 3.02. The number of likely N-dealkylation sites (tertiary alicyclic amines) is 1. The van der Waals surface area contributed by atoms with Crippen LogP contribution in [-0.2, 0) is 4.79 Å². The molecule has 0 radical (unpaired) electrons. The second-order valence-electron chi connectivity index (χ2n) is 5.74. The summed E-state index contributed by atoms with van der Waals surface area (Å²) in [5.74, 6) is -0.281. The standard InChI is InChI=1S/C13H28N4O/c1-13(15-2,12(14)18)7-9-16(3)10-11-6-5-8-17(11)4/h11,15H,5-10H2,1-4H3,(H2,14,18). The van der Waals surface area contributed by atoms with Gasteiger partial charge in [-0.3, -0.25) is 4.79 Å². The summed E-state index contributed by atoms with van der Waals surface area (Å²) in [4.78, 5) is 16.1. The number of carbonyl (C=O) groups is 1. The van der Waals surface area contributed by atoms with Gasteiger partial charge in [-0.25, -0.2) is 0 Å². The molecule has 3 N–H and O–H groups in total. The summed E-state index contributed by atoms with van der Waals surface area (Å²) < 4.78 is 0. The van der Waals surface area contributed by atoms with Crippen LogP contribution in [0.2, 0.25) is 0 Å². The molecule has 1 aliphatic rings. The minimum atomic E-state index is -0.601. The Hall–Kier alpha value is -0.650. The highest BCUT2D eigenvalue weighted by molar-refractivity contribution is 5.84. The monoisotopic (exact) mass is 256 g/mol. The van der Waals surface area contributed by atoms with Crippen molar-refractivity contribution in [1.82, 2.24) is 15.1 Å². The number of amides is 1. The van der Waals surface area contributed by atoms with E-state index in [1.807, 2.05) is 6.92 Å². The average molecular weight is 256 g/mol. The second kappa shape index (κ2) is 6.50. The highest BCUT2D eigenvalue weighted by atomic mass is 16.1. The van der Waals surface area contributed by atoms with Gasteiger partial charge < -0.3 is 20.9 Å². The van der Waals surface area contributed by atoms with Crippen molar-refractivity contribution in [1.29, 1.82) is 0 Å². The van der Waals surface area contributed by atoms with E-state index < -0.39 is 5.54 Å². The Morgan fingerprint density at radius 1 is 1.61 bits per heavy atom. The zero-order valence-electron chi connectivity index (χ0n) is 12.2. The van der Waals surface area contributed by atoms with Crippen LogP contribution in [0.1, 0.15) is 26.2 Å². The topological polar surface area (TPSA) is 61.6 Å². The average Bonchev–Trinajstić information content (AvgIpc) is 2.71. The first kappa shape index (κ1) is 15.4. The lowest BCUT2D eigenvalue weighted by Gasteiger charge is -2.30. The Labute approximate surface area is 111 Å². The maximum absolute atomic E-state index is 11.4. The largest absolute Gasteiger partial charge is 0.368 e. The van der Waals surface area contributed by atoms with E-state index in [1.54, 1.807) is 7.05 Å². The molecule has 1 heterocycles. The lowest BCUT2D eigenvalue weighted by molar-refractivity contribution is -0.124. The number of nitrogens with zero attached hydrogens (tertiary/aromatic N) is 2. The predicted molar refractivity (Wildman–Crippen MR) is 74.4 cm³/mol. The Bertz CT molecular complexity index is 284. The van der Waals surface area contributed by atoms with Crippen molar-refractivity contribution in [2.75, 3.05) is 40.8 Å². The summed E-state index contributed by atoms with van der Waals surface area (Å²) in [5.41, 5.74) is 4.82. The number of rotatable bonds is 7. The molecule has 5 nitrogen and oxygen atoms in total. The van der Waals surface area contributed by atoms with Crippen LogP contribution in [0.4, 0.5) is 0 Å². The molecule has 0 spiro atoms. The van der Waals surface area contributed by atoms with Crippen LogP contribution in [0, 0.1) is 0 Å². The Morgan fingerprint density at radius 2 is 2.28 bits per heavy atom. The summed E-state index contributed by atoms with van der Waals surface area (Å²) in [6, 6.07) is 0.657. The second-order valence-corrected chi connectivity index (χ2v) is 5.74. The summed E-state index contributed by atoms with van der Waals surface area (Å²) >= 11 is 0. The molecule has 18 heavy (non-hydrogen) atoms. The first-order valence-corrected chi connectivity index (χ1v) is 6.76. The van der Waals surface area contributed by atoms with Gasteiger partial charge in [0.1, 0.15) is 0 Å². The fraction of sp³-hybridized carbons (Fsp3) is 0.923. The molecular formula is C13H28N4O. The Balaban J connectivity index is 2.36. The van der Waals surface area contributed by atoms with Crippen molar-refractivity contribution in [2.24, 2.45) is 5.73 Å². The van der Waals surface area contributed by atoms with Crippen LogP contribution in [0.15, 0.2) is 0 Å². The third-order valence-electron chi connectivity index (χ3n) is 4.28. The van der Waals surface area contributed by atoms with Crippen molar-refractivity contribution in [3.63, 3.8) is 0 Å². The van der Waals surface area contributed by atoms with Crippen molar-refractivity contribution in [3.05, 3.63) is 0 Å². The molecule has 0 aromatic rings. The molecule has 1 saturated heterocycles. The molecule has 0 aromatic heterocycles. The van der Waals surface area contributed by atoms with E-state index in [1.165, 1.54) is 19.4 Å². The highest BCUT2D eigenvalue weighted by Gasteiger charge is 2.29. The van der Waals surface area contributed by atoms with Gasteiger partial charge in [-0.15, -0.1) is 0 Å². The number of primary amides is 1. The molecule has 106 valence electrons. The Kier molecular flexibility index (Phi) is 5.56. The van der Waals surface area contributed by atoms with Crippen molar-refractivity contribution < 1.29 is 4.79 Å². The molecule has 0 aliphatic carbocycles. The van der Waals surface area contributed by atoms with Crippen LogP contribution < -0.4 is 11.1 Å². The van der Waals surface area contributed by atoms with Gasteiger partial charge >= 0.3 is 0 Å². The molecule has 1 aliphatic heterocycles. The van der Waals surface area contributed by atoms with E-state index in [2.05, 4.69) is 29.2 Å². The summed E-state index contributed by atoms with van der Waals surface area (Å²) in [7, 11) is 6.09. The van der Waals surface area contributed by atoms with Crippen LogP contribution >= 0.6 is 0 Å². The third kappa shape index (κ3) is 3.93. The Morgan fingerprint density at radius 3 is 2.72 bits per heavy atom. The van der Waals surface area contributed by atoms with Gasteiger partial charge in [0.15, 0.2) is 0 Å². The van der Waals surface area contributed by atoms with Gasteiger partial charge in [0.2, 0.25) is 5.91 Å². The fourth-order valence-electron chi connectivity index (χ4n) is 2.45. The fourth-order valence-corrected chi connectivity index (χ4v) is 2.45. The van der Waals surface area contributed by atoms with E-state index in [-0.39, 0.29) is 5.91 Å². The number of hydrogen-bond donors (Lipinski definition) is 2. The maximum atomic E-state index is 11.4. The molecule has 1 fully saturated rings. The molecule has 0 bridgehead atoms. The molecule has 1 amide bonds. The number of nitrogens with one attached hydrogen (secondary N) is 1. The zero-order valence-corrected chi connectivity index (χ0v) is 12.2. The van der Waals surface area contributed by atoms with E-state index in [4.69, 9.17) is 5.73 Å². The molecule has 1 rings (SSSR count). The predicted octanol–water partition coefficient (Wildman–Crippen LogP) is -0.134. The van der Waals surface area contributed by atoms with E-state index in [0.717, 1.165) is 19.5 Å². The van der Waals surface area contributed by atoms with Crippen LogP contribution in [0.25, 0.3) is 0 Å². The van der Waals surface area contributed by atoms with E-state index >= 15 is 0 Å². The minimum absolute atomic E-state index is 0.281. The van der Waals surface area contributed by atoms with Gasteiger partial charge in [0, 0.05) is 19.1 Å². The quantitative estimate of drug-likeness (QED) is 0.666. The van der Waals surface area contributed by atoms with Gasteiger partial charge in [0.25, 0.3) is 0 Å². The van der Waals surface area contributed by atoms with Gasteiger partial charge in [-0.05, 0) is 53.9 Å². The molecule has 5 heteroatoms. The van der Waals surface area contributed by atoms with Crippen LogP contribution in [0.3, 0.4) is 0 Å². The first-order valence-electron chi connectivity index (χ1n) is 6.76. The van der Waals surface area contributed by atoms with Gasteiger partial charge in [-0.1, -0.05) is 0 Å². The van der Waals surface area contributed by atoms with Crippen LogP contribution in [0.5, 0.6) is 0 Å². The van der Waals surface area contributed by atoms with Crippen molar-refractivity contribution in [2.45, 2.75) is 37.8 Å². The van der Waals surface area contributed by atoms with Gasteiger partial charge in [-0.2, -0.15) is 0 Å². The molecule has 0 saturated carbocycles. The zero-order chi connectivity index (χ0) is 13.8. The third-order valence-corrected chi connectivity index (χ3v) is 4.28. The van der Waals surface area contributed by atoms with Crippen LogP contribution in [-0.4, -0.2) is 68.1 Å². The van der Waals surface area contributed by atoms with Crippen molar-refractivity contribution >= 4 is 5.91 Å². The SMILES string of the molecule is CNC(C)(CCN(C)CC1CCCN1C)C(N)=O. The maximum Gasteiger partial charge on any atom is 0.237 e. The van der Waals surface area contributed by atoms with Crippen molar-refractivity contribution in [3.8, 4) is 0 Å². The number of likely N-dealkylation sites (N-methyl/N-ethyl adjacent to an activating group) is 3. The first-order chi connectivity index (χ1) is 8.39. The number of hydrogen-bond acceptors (Lipinski definition) is 4. The van der Waals surface area contributed by atoms with Gasteiger partial charge in [0.05, 0.1) is 5.54 Å². The lowest BCUT2D eigenvalue weighted by Crippen LogP contribution is -2.53. The normalized spacial score (nSPS) is 24.4. The van der Waals surface area contributed by atoms with E-state index in [0.29, 0.717) is 6.04 Å². The van der Waals surface area contributed by atoms with E-state index in [9.17, 15) is 4.79 Å². The smallest absolute Gasteiger partial charge is 0.237 e. The molecule has 0 aromatic carbocycles. The lowest BCUT2D eigenvalue weighted by atomic mass is 9.97.